The monoisotopic (exact) mass is 345 g/mol. The van der Waals surface area contributed by atoms with Gasteiger partial charge in [-0.2, -0.15) is 0 Å². The zero-order chi connectivity index (χ0) is 17.2. The van der Waals surface area contributed by atoms with Crippen molar-refractivity contribution in [1.82, 2.24) is 19.8 Å². The van der Waals surface area contributed by atoms with E-state index in [1.54, 1.807) is 0 Å². The number of nitrogens with zero attached hydrogens (tertiary/aromatic N) is 5. The topological polar surface area (TPSA) is 61.8 Å². The lowest BCUT2D eigenvalue weighted by Gasteiger charge is -2.38. The first-order valence-electron chi connectivity index (χ1n) is 9.43. The molecule has 4 heterocycles. The molecule has 2 saturated heterocycles. The molecule has 0 saturated carbocycles. The molecule has 25 heavy (non-hydrogen) atoms. The summed E-state index contributed by atoms with van der Waals surface area (Å²) in [5.74, 6) is 1.11. The molecular formula is C18H27N5O2. The number of carbonyl (C=O) groups excluding carboxylic acids is 1. The van der Waals surface area contributed by atoms with Gasteiger partial charge >= 0.3 is 0 Å². The molecule has 7 heteroatoms. The second-order valence-corrected chi connectivity index (χ2v) is 7.18. The van der Waals surface area contributed by atoms with Crippen LogP contribution in [0.2, 0.25) is 0 Å². The van der Waals surface area contributed by atoms with E-state index in [4.69, 9.17) is 9.72 Å². The molecule has 0 radical (unpaired) electrons. The highest BCUT2D eigenvalue weighted by molar-refractivity contribution is 5.81. The number of hydrogen-bond acceptors (Lipinski definition) is 6. The molecule has 1 atom stereocenters. The molecule has 7 nitrogen and oxygen atoms in total. The van der Waals surface area contributed by atoms with Gasteiger partial charge in [0, 0.05) is 57.4 Å². The van der Waals surface area contributed by atoms with Crippen LogP contribution in [-0.4, -0.2) is 77.6 Å². The van der Waals surface area contributed by atoms with Gasteiger partial charge in [0.25, 0.3) is 0 Å². The quantitative estimate of drug-likeness (QED) is 0.803. The lowest BCUT2D eigenvalue weighted by atomic mass is 10.1. The number of amides is 1. The zero-order valence-electron chi connectivity index (χ0n) is 15.0. The van der Waals surface area contributed by atoms with Crippen molar-refractivity contribution < 1.29 is 9.53 Å². The van der Waals surface area contributed by atoms with Crippen LogP contribution >= 0.6 is 0 Å². The van der Waals surface area contributed by atoms with Gasteiger partial charge in [-0.25, -0.2) is 9.97 Å². The number of likely N-dealkylation sites (tertiary alicyclic amines) is 1. The van der Waals surface area contributed by atoms with Crippen LogP contribution in [-0.2, 0) is 22.6 Å². The van der Waals surface area contributed by atoms with Crippen LogP contribution < -0.4 is 4.90 Å². The maximum absolute atomic E-state index is 12.6. The van der Waals surface area contributed by atoms with Crippen molar-refractivity contribution in [2.45, 2.75) is 38.8 Å². The van der Waals surface area contributed by atoms with Gasteiger partial charge in [0.2, 0.25) is 11.9 Å². The Balaban J connectivity index is 1.35. The van der Waals surface area contributed by atoms with Gasteiger partial charge in [-0.3, -0.25) is 9.69 Å². The predicted molar refractivity (Wildman–Crippen MR) is 94.5 cm³/mol. The first-order chi connectivity index (χ1) is 12.2. The first kappa shape index (κ1) is 16.7. The fraction of sp³-hybridized carbons (Fsp3) is 0.722. The Hall–Kier alpha value is -1.73. The van der Waals surface area contributed by atoms with E-state index in [2.05, 4.69) is 14.8 Å². The van der Waals surface area contributed by atoms with E-state index in [1.165, 1.54) is 0 Å². The largest absolute Gasteiger partial charge is 0.376 e. The Kier molecular flexibility index (Phi) is 4.85. The van der Waals surface area contributed by atoms with Crippen LogP contribution in [0.15, 0.2) is 6.20 Å². The highest BCUT2D eigenvalue weighted by atomic mass is 16.5. The van der Waals surface area contributed by atoms with Gasteiger partial charge in [-0.05, 0) is 19.8 Å². The van der Waals surface area contributed by atoms with Crippen molar-refractivity contribution >= 4 is 11.9 Å². The van der Waals surface area contributed by atoms with Crippen molar-refractivity contribution in [2.75, 3.05) is 50.8 Å². The molecule has 1 amide bonds. The molecule has 0 aliphatic carbocycles. The highest BCUT2D eigenvalue weighted by Crippen LogP contribution is 2.19. The maximum atomic E-state index is 12.6. The molecule has 0 spiro atoms. The number of hydrogen-bond donors (Lipinski definition) is 0. The lowest BCUT2D eigenvalue weighted by molar-refractivity contribution is -0.135. The third-order valence-electron chi connectivity index (χ3n) is 5.60. The molecule has 3 aliphatic heterocycles. The number of fused-ring (bicyclic) bond motifs is 1. The van der Waals surface area contributed by atoms with E-state index in [0.29, 0.717) is 6.61 Å². The minimum atomic E-state index is -0.0261. The summed E-state index contributed by atoms with van der Waals surface area (Å²) in [7, 11) is 0. The van der Waals surface area contributed by atoms with Crippen LogP contribution in [0.1, 0.15) is 31.0 Å². The van der Waals surface area contributed by atoms with Crippen molar-refractivity contribution in [3.63, 3.8) is 0 Å². The Morgan fingerprint density at radius 2 is 1.92 bits per heavy atom. The van der Waals surface area contributed by atoms with Gasteiger partial charge in [0.1, 0.15) is 0 Å². The normalized spacial score (nSPS) is 22.8. The zero-order valence-corrected chi connectivity index (χ0v) is 15.0. The number of ether oxygens (including phenoxy) is 1. The van der Waals surface area contributed by atoms with Crippen LogP contribution in [0.25, 0.3) is 0 Å². The molecule has 0 bridgehead atoms. The number of anilines is 1. The lowest BCUT2D eigenvalue weighted by Crippen LogP contribution is -2.54. The molecule has 1 unspecified atom stereocenters. The van der Waals surface area contributed by atoms with E-state index in [-0.39, 0.29) is 11.9 Å². The van der Waals surface area contributed by atoms with Gasteiger partial charge < -0.3 is 14.5 Å². The second-order valence-electron chi connectivity index (χ2n) is 7.18. The molecule has 0 N–H and O–H groups in total. The Morgan fingerprint density at radius 3 is 2.68 bits per heavy atom. The fourth-order valence-corrected chi connectivity index (χ4v) is 3.94. The van der Waals surface area contributed by atoms with E-state index in [0.717, 1.165) is 82.3 Å². The third-order valence-corrected chi connectivity index (χ3v) is 5.60. The second kappa shape index (κ2) is 7.25. The average Bonchev–Trinajstić information content (AvgIpc) is 3.21. The Bertz CT molecular complexity index is 624. The molecule has 4 rings (SSSR count). The predicted octanol–water partition coefficient (Wildman–Crippen LogP) is 0.682. The van der Waals surface area contributed by atoms with Crippen LogP contribution in [0.4, 0.5) is 5.95 Å². The van der Waals surface area contributed by atoms with Crippen LogP contribution in [0.3, 0.4) is 0 Å². The Morgan fingerprint density at radius 1 is 1.16 bits per heavy atom. The van der Waals surface area contributed by atoms with Gasteiger partial charge in [0.15, 0.2) is 0 Å². The smallest absolute Gasteiger partial charge is 0.239 e. The SMILES string of the molecule is CC(C(=O)N1CCCC1)N1CCN(c2ncc3c(n2)CCOC3)CC1. The molecule has 1 aromatic heterocycles. The summed E-state index contributed by atoms with van der Waals surface area (Å²) >= 11 is 0. The van der Waals surface area contributed by atoms with Gasteiger partial charge in [-0.15, -0.1) is 0 Å². The summed E-state index contributed by atoms with van der Waals surface area (Å²) in [6, 6.07) is -0.0261. The summed E-state index contributed by atoms with van der Waals surface area (Å²) in [6.45, 7) is 8.76. The summed E-state index contributed by atoms with van der Waals surface area (Å²) < 4.78 is 5.45. The highest BCUT2D eigenvalue weighted by Gasteiger charge is 2.30. The molecule has 1 aromatic rings. The van der Waals surface area contributed by atoms with Crippen molar-refractivity contribution in [2.24, 2.45) is 0 Å². The van der Waals surface area contributed by atoms with Gasteiger partial charge in [0.05, 0.1) is 24.9 Å². The molecule has 2 fully saturated rings. The van der Waals surface area contributed by atoms with E-state index >= 15 is 0 Å². The summed E-state index contributed by atoms with van der Waals surface area (Å²) in [5, 5.41) is 0. The number of piperazine rings is 1. The standard InChI is InChI=1S/C18H27N5O2/c1-14(17(24)22-5-2-3-6-22)21-7-9-23(10-8-21)18-19-12-15-13-25-11-4-16(15)20-18/h12,14H,2-11,13H2,1H3. The minimum absolute atomic E-state index is 0.0261. The number of aromatic nitrogens is 2. The summed E-state index contributed by atoms with van der Waals surface area (Å²) in [5.41, 5.74) is 2.23. The minimum Gasteiger partial charge on any atom is -0.376 e. The van der Waals surface area contributed by atoms with Crippen molar-refractivity contribution in [1.29, 1.82) is 0 Å². The van der Waals surface area contributed by atoms with E-state index in [1.807, 2.05) is 18.0 Å². The summed E-state index contributed by atoms with van der Waals surface area (Å²) in [6.07, 6.45) is 5.06. The molecule has 3 aliphatic rings. The Labute approximate surface area is 149 Å². The van der Waals surface area contributed by atoms with E-state index < -0.39 is 0 Å². The van der Waals surface area contributed by atoms with Gasteiger partial charge in [-0.1, -0.05) is 0 Å². The maximum Gasteiger partial charge on any atom is 0.239 e. The van der Waals surface area contributed by atoms with Crippen molar-refractivity contribution in [3.05, 3.63) is 17.5 Å². The molecule has 136 valence electrons. The molecular weight excluding hydrogens is 318 g/mol. The fourth-order valence-electron chi connectivity index (χ4n) is 3.94. The van der Waals surface area contributed by atoms with Crippen LogP contribution in [0.5, 0.6) is 0 Å². The van der Waals surface area contributed by atoms with Crippen molar-refractivity contribution in [3.8, 4) is 0 Å². The molecule has 0 aromatic carbocycles. The first-order valence-corrected chi connectivity index (χ1v) is 9.43. The van der Waals surface area contributed by atoms with E-state index in [9.17, 15) is 4.79 Å². The summed E-state index contributed by atoms with van der Waals surface area (Å²) in [4.78, 5) is 28.4. The third kappa shape index (κ3) is 3.48. The van der Waals surface area contributed by atoms with Crippen LogP contribution in [0, 0.1) is 0 Å². The average molecular weight is 345 g/mol. The number of rotatable bonds is 3. The number of carbonyl (C=O) groups is 1.